The molecule has 1 aliphatic heterocycles. The van der Waals surface area contributed by atoms with Crippen molar-refractivity contribution in [3.63, 3.8) is 0 Å². The van der Waals surface area contributed by atoms with E-state index < -0.39 is 0 Å². The molecule has 1 N–H and O–H groups in total. The molecular formula is C11H12N4O. The third kappa shape index (κ3) is 1.67. The van der Waals surface area contributed by atoms with E-state index in [1.165, 1.54) is 6.20 Å². The van der Waals surface area contributed by atoms with Gasteiger partial charge in [0, 0.05) is 12.4 Å². The van der Waals surface area contributed by atoms with Gasteiger partial charge in [-0.3, -0.25) is 9.79 Å². The Balaban J connectivity index is 2.35. The molecular weight excluding hydrogens is 204 g/mol. The summed E-state index contributed by atoms with van der Waals surface area (Å²) in [6.07, 6.45) is 6.68. The summed E-state index contributed by atoms with van der Waals surface area (Å²) in [7, 11) is 0. The lowest BCUT2D eigenvalue weighted by atomic mass is 10.3. The van der Waals surface area contributed by atoms with E-state index in [0.717, 1.165) is 11.4 Å². The lowest BCUT2D eigenvalue weighted by molar-refractivity contribution is 0.0965. The number of amides is 1. The lowest BCUT2D eigenvalue weighted by Gasteiger charge is -2.00. The Morgan fingerprint density at radius 3 is 3.19 bits per heavy atom. The Hall–Kier alpha value is -2.17. The molecule has 0 saturated heterocycles. The van der Waals surface area contributed by atoms with Crippen LogP contribution in [0.15, 0.2) is 30.0 Å². The zero-order valence-electron chi connectivity index (χ0n) is 8.97. The topological polar surface area (TPSA) is 59.3 Å². The standard InChI is InChI=1S/C11H12N4O/c1-3-8(5-12-4-2)15-7-9-10(14-15)6-13-11(9)16/h3-5,7H,2,6H2,1H3,(H,13,16)/b8-3+,12-5?. The number of aliphatic imine (C=N–C) groups is 1. The minimum Gasteiger partial charge on any atom is -0.346 e. The van der Waals surface area contributed by atoms with E-state index >= 15 is 0 Å². The van der Waals surface area contributed by atoms with E-state index in [2.05, 4.69) is 22.0 Å². The summed E-state index contributed by atoms with van der Waals surface area (Å²) in [6.45, 7) is 5.89. The van der Waals surface area contributed by atoms with Gasteiger partial charge in [-0.05, 0) is 6.92 Å². The number of nitrogens with one attached hydrogen (secondary N) is 1. The minimum absolute atomic E-state index is 0.0719. The quantitative estimate of drug-likeness (QED) is 0.772. The summed E-state index contributed by atoms with van der Waals surface area (Å²) in [5.74, 6) is -0.0719. The van der Waals surface area contributed by atoms with Crippen molar-refractivity contribution in [2.24, 2.45) is 4.99 Å². The Morgan fingerprint density at radius 1 is 1.75 bits per heavy atom. The van der Waals surface area contributed by atoms with Gasteiger partial charge in [0.1, 0.15) is 0 Å². The predicted octanol–water partition coefficient (Wildman–Crippen LogP) is 1.20. The summed E-state index contributed by atoms with van der Waals surface area (Å²) in [6, 6.07) is 0. The third-order valence-corrected chi connectivity index (χ3v) is 2.32. The molecule has 1 amide bonds. The van der Waals surface area contributed by atoms with Crippen molar-refractivity contribution in [1.29, 1.82) is 0 Å². The molecule has 16 heavy (non-hydrogen) atoms. The van der Waals surface area contributed by atoms with Crippen LogP contribution in [0.4, 0.5) is 0 Å². The lowest BCUT2D eigenvalue weighted by Crippen LogP contribution is -2.14. The zero-order chi connectivity index (χ0) is 11.5. The summed E-state index contributed by atoms with van der Waals surface area (Å²) in [5.41, 5.74) is 2.21. The number of hydrogen-bond donors (Lipinski definition) is 1. The summed E-state index contributed by atoms with van der Waals surface area (Å²) in [4.78, 5) is 15.3. The van der Waals surface area contributed by atoms with Gasteiger partial charge in [-0.15, -0.1) is 0 Å². The smallest absolute Gasteiger partial charge is 0.255 e. The van der Waals surface area contributed by atoms with Crippen LogP contribution in [0.2, 0.25) is 0 Å². The highest BCUT2D eigenvalue weighted by Gasteiger charge is 2.22. The van der Waals surface area contributed by atoms with Crippen molar-refractivity contribution in [3.05, 3.63) is 36.3 Å². The highest BCUT2D eigenvalue weighted by molar-refractivity contribution is 6.03. The molecule has 0 spiro atoms. The Kier molecular flexibility index (Phi) is 2.68. The molecule has 1 aromatic rings. The molecule has 0 aliphatic carbocycles. The number of fused-ring (bicyclic) bond motifs is 1. The first kappa shape index (κ1) is 10.4. The maximum Gasteiger partial charge on any atom is 0.255 e. The summed E-state index contributed by atoms with van der Waals surface area (Å²) < 4.78 is 1.65. The molecule has 0 saturated carbocycles. The second-order valence-electron chi connectivity index (χ2n) is 3.29. The van der Waals surface area contributed by atoms with Crippen molar-refractivity contribution in [3.8, 4) is 0 Å². The van der Waals surface area contributed by atoms with Crippen molar-refractivity contribution < 1.29 is 4.79 Å². The molecule has 82 valence electrons. The maximum atomic E-state index is 11.4. The number of carbonyl (C=O) groups excluding carboxylic acids is 1. The molecule has 1 aliphatic rings. The van der Waals surface area contributed by atoms with Gasteiger partial charge in [-0.2, -0.15) is 5.10 Å². The number of aromatic nitrogens is 2. The van der Waals surface area contributed by atoms with Gasteiger partial charge in [0.2, 0.25) is 0 Å². The van der Waals surface area contributed by atoms with Gasteiger partial charge < -0.3 is 5.32 Å². The average Bonchev–Trinajstić information content (AvgIpc) is 2.83. The number of allylic oxidation sites excluding steroid dienone is 2. The van der Waals surface area contributed by atoms with E-state index in [0.29, 0.717) is 12.1 Å². The van der Waals surface area contributed by atoms with Crippen molar-refractivity contribution in [1.82, 2.24) is 15.1 Å². The molecule has 0 bridgehead atoms. The zero-order valence-corrected chi connectivity index (χ0v) is 8.97. The van der Waals surface area contributed by atoms with Gasteiger partial charge >= 0.3 is 0 Å². The first-order valence-corrected chi connectivity index (χ1v) is 4.93. The first-order valence-electron chi connectivity index (χ1n) is 4.93. The second-order valence-corrected chi connectivity index (χ2v) is 3.29. The fourth-order valence-corrected chi connectivity index (χ4v) is 1.52. The molecule has 0 aromatic carbocycles. The van der Waals surface area contributed by atoms with Crippen LogP contribution in [-0.2, 0) is 6.54 Å². The monoisotopic (exact) mass is 216 g/mol. The SMILES string of the molecule is C=CN=C/C(=C\C)n1cc2c(n1)CNC2=O. The van der Waals surface area contributed by atoms with Crippen molar-refractivity contribution in [2.75, 3.05) is 0 Å². The molecule has 2 rings (SSSR count). The van der Waals surface area contributed by atoms with E-state index in [1.807, 2.05) is 13.0 Å². The molecule has 1 aromatic heterocycles. The number of carbonyl (C=O) groups is 1. The normalized spacial score (nSPS) is 15.3. The van der Waals surface area contributed by atoms with Gasteiger partial charge in [0.25, 0.3) is 5.91 Å². The molecule has 0 unspecified atom stereocenters. The van der Waals surface area contributed by atoms with E-state index in [1.54, 1.807) is 17.1 Å². The van der Waals surface area contributed by atoms with Gasteiger partial charge in [0.05, 0.1) is 29.7 Å². The van der Waals surface area contributed by atoms with Gasteiger partial charge in [-0.25, -0.2) is 4.68 Å². The number of hydrogen-bond acceptors (Lipinski definition) is 3. The third-order valence-electron chi connectivity index (χ3n) is 2.32. The van der Waals surface area contributed by atoms with Gasteiger partial charge in [0.15, 0.2) is 0 Å². The Bertz CT molecular complexity index is 496. The van der Waals surface area contributed by atoms with E-state index in [9.17, 15) is 4.79 Å². The molecule has 0 radical (unpaired) electrons. The van der Waals surface area contributed by atoms with Crippen LogP contribution >= 0.6 is 0 Å². The van der Waals surface area contributed by atoms with Crippen LogP contribution in [0, 0.1) is 0 Å². The van der Waals surface area contributed by atoms with Gasteiger partial charge in [-0.1, -0.05) is 12.7 Å². The van der Waals surface area contributed by atoms with Crippen LogP contribution in [0.25, 0.3) is 5.70 Å². The van der Waals surface area contributed by atoms with E-state index in [-0.39, 0.29) is 5.91 Å². The van der Waals surface area contributed by atoms with Crippen LogP contribution < -0.4 is 5.32 Å². The van der Waals surface area contributed by atoms with Crippen molar-refractivity contribution >= 4 is 17.8 Å². The average molecular weight is 216 g/mol. The molecule has 5 heteroatoms. The fourth-order valence-electron chi connectivity index (χ4n) is 1.52. The van der Waals surface area contributed by atoms with Crippen LogP contribution in [0.3, 0.4) is 0 Å². The van der Waals surface area contributed by atoms with Crippen LogP contribution in [0.5, 0.6) is 0 Å². The predicted molar refractivity (Wildman–Crippen MR) is 62.0 cm³/mol. The molecule has 0 atom stereocenters. The van der Waals surface area contributed by atoms with Crippen LogP contribution in [-0.4, -0.2) is 21.9 Å². The van der Waals surface area contributed by atoms with E-state index in [4.69, 9.17) is 0 Å². The summed E-state index contributed by atoms with van der Waals surface area (Å²) in [5, 5.41) is 7.01. The molecule has 2 heterocycles. The molecule has 5 nitrogen and oxygen atoms in total. The summed E-state index contributed by atoms with van der Waals surface area (Å²) >= 11 is 0. The minimum atomic E-state index is -0.0719. The largest absolute Gasteiger partial charge is 0.346 e. The Morgan fingerprint density at radius 2 is 2.56 bits per heavy atom. The number of rotatable bonds is 3. The Labute approximate surface area is 93.2 Å². The number of nitrogens with zero attached hydrogens (tertiary/aromatic N) is 3. The molecule has 0 fully saturated rings. The van der Waals surface area contributed by atoms with Crippen molar-refractivity contribution in [2.45, 2.75) is 13.5 Å². The first-order chi connectivity index (χ1) is 7.76. The second kappa shape index (κ2) is 4.14. The highest BCUT2D eigenvalue weighted by atomic mass is 16.2. The fraction of sp³-hybridized carbons (Fsp3) is 0.182. The maximum absolute atomic E-state index is 11.4. The highest BCUT2D eigenvalue weighted by Crippen LogP contribution is 2.15. The van der Waals surface area contributed by atoms with Crippen LogP contribution in [0.1, 0.15) is 23.0 Å².